The van der Waals surface area contributed by atoms with Crippen LogP contribution in [0.3, 0.4) is 0 Å². The van der Waals surface area contributed by atoms with Crippen molar-refractivity contribution in [1.82, 2.24) is 10.7 Å². The van der Waals surface area contributed by atoms with Crippen LogP contribution in [0.15, 0.2) is 53.6 Å². The molecule has 0 saturated carbocycles. The highest BCUT2D eigenvalue weighted by Crippen LogP contribution is 2.09. The second kappa shape index (κ2) is 8.10. The summed E-state index contributed by atoms with van der Waals surface area (Å²) in [5.41, 5.74) is 4.82. The zero-order chi connectivity index (χ0) is 16.7. The Bertz CT molecular complexity index is 710. The fraction of sp³-hybridized carbons (Fsp3) is 0.118. The summed E-state index contributed by atoms with van der Waals surface area (Å²) in [6, 6.07) is 14.1. The van der Waals surface area contributed by atoms with Crippen LogP contribution in [0.1, 0.15) is 21.5 Å². The lowest BCUT2D eigenvalue weighted by atomic mass is 10.2. The van der Waals surface area contributed by atoms with Crippen LogP contribution >= 0.6 is 11.6 Å². The molecule has 0 bridgehead atoms. The average molecular weight is 330 g/mol. The average Bonchev–Trinajstić information content (AvgIpc) is 2.55. The minimum atomic E-state index is -0.407. The van der Waals surface area contributed by atoms with E-state index in [-0.39, 0.29) is 12.5 Å². The summed E-state index contributed by atoms with van der Waals surface area (Å²) in [7, 11) is 0. The van der Waals surface area contributed by atoms with E-state index >= 15 is 0 Å². The Balaban J connectivity index is 1.77. The van der Waals surface area contributed by atoms with Crippen molar-refractivity contribution in [3.05, 3.63) is 70.2 Å². The van der Waals surface area contributed by atoms with Crippen LogP contribution in [0.25, 0.3) is 0 Å². The van der Waals surface area contributed by atoms with Gasteiger partial charge in [0, 0.05) is 10.6 Å². The van der Waals surface area contributed by atoms with E-state index in [9.17, 15) is 9.59 Å². The van der Waals surface area contributed by atoms with Crippen molar-refractivity contribution in [2.24, 2.45) is 5.10 Å². The minimum absolute atomic E-state index is 0.160. The fourth-order valence-electron chi connectivity index (χ4n) is 1.73. The molecule has 0 unspecified atom stereocenters. The number of hydrazone groups is 1. The van der Waals surface area contributed by atoms with Gasteiger partial charge in [-0.25, -0.2) is 5.43 Å². The lowest BCUT2D eigenvalue weighted by Gasteiger charge is -2.04. The maximum atomic E-state index is 11.8. The molecule has 0 saturated heterocycles. The number of benzene rings is 2. The second-order valence-electron chi connectivity index (χ2n) is 4.89. The van der Waals surface area contributed by atoms with Gasteiger partial charge in [0.1, 0.15) is 0 Å². The molecule has 0 radical (unpaired) electrons. The monoisotopic (exact) mass is 329 g/mol. The summed E-state index contributed by atoms with van der Waals surface area (Å²) >= 11 is 5.75. The number of halogens is 1. The van der Waals surface area contributed by atoms with Crippen LogP contribution in [0.4, 0.5) is 0 Å². The molecule has 0 spiro atoms. The van der Waals surface area contributed by atoms with E-state index in [0.717, 1.165) is 11.1 Å². The molecule has 23 heavy (non-hydrogen) atoms. The van der Waals surface area contributed by atoms with Gasteiger partial charge in [0.2, 0.25) is 0 Å². The highest BCUT2D eigenvalue weighted by atomic mass is 35.5. The number of rotatable bonds is 5. The lowest BCUT2D eigenvalue weighted by molar-refractivity contribution is -0.120. The van der Waals surface area contributed by atoms with Crippen molar-refractivity contribution in [1.29, 1.82) is 0 Å². The quantitative estimate of drug-likeness (QED) is 0.653. The van der Waals surface area contributed by atoms with Gasteiger partial charge in [0.25, 0.3) is 11.8 Å². The Morgan fingerprint density at radius 1 is 1.09 bits per heavy atom. The molecule has 0 aliphatic heterocycles. The minimum Gasteiger partial charge on any atom is -0.343 e. The first-order chi connectivity index (χ1) is 11.0. The second-order valence-corrected chi connectivity index (χ2v) is 5.33. The number of nitrogens with zero attached hydrogens (tertiary/aromatic N) is 1. The molecule has 0 atom stereocenters. The Hall–Kier alpha value is -2.66. The molecule has 0 aliphatic carbocycles. The molecule has 0 heterocycles. The molecule has 2 aromatic rings. The standard InChI is InChI=1S/C17H16ClN3O2/c1-12-2-4-13(5-3-12)10-20-21-16(22)11-19-17(23)14-6-8-15(18)9-7-14/h2-10H,11H2,1H3,(H,19,23)(H,21,22). The summed E-state index contributed by atoms with van der Waals surface area (Å²) in [6.07, 6.45) is 1.54. The number of amides is 2. The van der Waals surface area contributed by atoms with E-state index in [1.165, 1.54) is 0 Å². The highest BCUT2D eigenvalue weighted by Gasteiger charge is 2.07. The summed E-state index contributed by atoms with van der Waals surface area (Å²) in [5, 5.41) is 6.89. The molecule has 0 fully saturated rings. The zero-order valence-electron chi connectivity index (χ0n) is 12.5. The molecule has 0 aromatic heterocycles. The first-order valence-electron chi connectivity index (χ1n) is 6.97. The van der Waals surface area contributed by atoms with Crippen molar-refractivity contribution in [2.45, 2.75) is 6.92 Å². The van der Waals surface area contributed by atoms with Gasteiger partial charge in [-0.05, 0) is 36.8 Å². The van der Waals surface area contributed by atoms with Crippen LogP contribution in [0.2, 0.25) is 5.02 Å². The first kappa shape index (κ1) is 16.7. The molecule has 2 amide bonds. The van der Waals surface area contributed by atoms with Crippen LogP contribution in [-0.4, -0.2) is 24.6 Å². The summed E-state index contributed by atoms with van der Waals surface area (Å²) in [4.78, 5) is 23.4. The molecule has 0 aliphatic rings. The van der Waals surface area contributed by atoms with Crippen molar-refractivity contribution in [3.63, 3.8) is 0 Å². The fourth-order valence-corrected chi connectivity index (χ4v) is 1.86. The third-order valence-corrected chi connectivity index (χ3v) is 3.25. The van der Waals surface area contributed by atoms with Crippen molar-refractivity contribution < 1.29 is 9.59 Å². The van der Waals surface area contributed by atoms with Gasteiger partial charge in [-0.3, -0.25) is 9.59 Å². The summed E-state index contributed by atoms with van der Waals surface area (Å²) < 4.78 is 0. The Morgan fingerprint density at radius 2 is 1.74 bits per heavy atom. The maximum absolute atomic E-state index is 11.8. The van der Waals surface area contributed by atoms with Crippen molar-refractivity contribution in [2.75, 3.05) is 6.54 Å². The number of hydrogen-bond acceptors (Lipinski definition) is 3. The van der Waals surface area contributed by atoms with E-state index in [2.05, 4.69) is 15.8 Å². The van der Waals surface area contributed by atoms with Crippen molar-refractivity contribution in [3.8, 4) is 0 Å². The summed E-state index contributed by atoms with van der Waals surface area (Å²) in [6.45, 7) is 1.83. The largest absolute Gasteiger partial charge is 0.343 e. The van der Waals surface area contributed by atoms with Crippen LogP contribution in [0, 0.1) is 6.92 Å². The lowest BCUT2D eigenvalue weighted by Crippen LogP contribution is -2.34. The molecule has 118 valence electrons. The van der Waals surface area contributed by atoms with E-state index in [1.54, 1.807) is 30.5 Å². The van der Waals surface area contributed by atoms with E-state index < -0.39 is 5.91 Å². The number of hydrogen-bond donors (Lipinski definition) is 2. The number of aryl methyl sites for hydroxylation is 1. The third kappa shape index (κ3) is 5.56. The van der Waals surface area contributed by atoms with Gasteiger partial charge in [-0.2, -0.15) is 5.10 Å². The van der Waals surface area contributed by atoms with Gasteiger partial charge >= 0.3 is 0 Å². The molecule has 5 nitrogen and oxygen atoms in total. The number of nitrogens with one attached hydrogen (secondary N) is 2. The number of carbonyl (C=O) groups excluding carboxylic acids is 2. The van der Waals surface area contributed by atoms with Crippen LogP contribution < -0.4 is 10.7 Å². The predicted octanol–water partition coefficient (Wildman–Crippen LogP) is 2.53. The topological polar surface area (TPSA) is 70.6 Å². The predicted molar refractivity (Wildman–Crippen MR) is 90.7 cm³/mol. The number of carbonyl (C=O) groups is 2. The van der Waals surface area contributed by atoms with Crippen LogP contribution in [0.5, 0.6) is 0 Å². The Labute approximate surface area is 139 Å². The molecular formula is C17H16ClN3O2. The van der Waals surface area contributed by atoms with Gasteiger partial charge in [-0.15, -0.1) is 0 Å². The Morgan fingerprint density at radius 3 is 2.39 bits per heavy atom. The normalized spacial score (nSPS) is 10.5. The van der Waals surface area contributed by atoms with Gasteiger partial charge in [0.15, 0.2) is 0 Å². The molecule has 2 aromatic carbocycles. The maximum Gasteiger partial charge on any atom is 0.259 e. The first-order valence-corrected chi connectivity index (χ1v) is 7.35. The Kier molecular flexibility index (Phi) is 5.88. The van der Waals surface area contributed by atoms with Gasteiger partial charge in [-0.1, -0.05) is 41.4 Å². The SMILES string of the molecule is Cc1ccc(C=NNC(=O)CNC(=O)c2ccc(Cl)cc2)cc1. The van der Waals surface area contributed by atoms with Gasteiger partial charge in [0.05, 0.1) is 12.8 Å². The summed E-state index contributed by atoms with van der Waals surface area (Å²) in [5.74, 6) is -0.755. The molecule has 2 rings (SSSR count). The van der Waals surface area contributed by atoms with Gasteiger partial charge < -0.3 is 5.32 Å². The van der Waals surface area contributed by atoms with E-state index in [4.69, 9.17) is 11.6 Å². The smallest absolute Gasteiger partial charge is 0.259 e. The van der Waals surface area contributed by atoms with E-state index in [0.29, 0.717) is 10.6 Å². The third-order valence-electron chi connectivity index (χ3n) is 3.00. The zero-order valence-corrected chi connectivity index (χ0v) is 13.3. The molecule has 6 heteroatoms. The van der Waals surface area contributed by atoms with Crippen molar-refractivity contribution >= 4 is 29.6 Å². The van der Waals surface area contributed by atoms with Crippen LogP contribution in [-0.2, 0) is 4.79 Å². The molecular weight excluding hydrogens is 314 g/mol. The highest BCUT2D eigenvalue weighted by molar-refractivity contribution is 6.30. The molecule has 2 N–H and O–H groups in total. The van der Waals surface area contributed by atoms with E-state index in [1.807, 2.05) is 31.2 Å².